The maximum absolute atomic E-state index is 10.8. The smallest absolute Gasteiger partial charge is 0.335 e. The van der Waals surface area contributed by atoms with Crippen LogP contribution in [0.2, 0.25) is 0 Å². The van der Waals surface area contributed by atoms with E-state index in [0.717, 1.165) is 6.26 Å². The molecule has 0 aliphatic carbocycles. The van der Waals surface area contributed by atoms with Gasteiger partial charge in [-0.15, -0.1) is 0 Å². The monoisotopic (exact) mass is 273 g/mol. The number of carbonyl (C=O) groups is 1. The Bertz CT molecular complexity index is 516. The van der Waals surface area contributed by atoms with Crippen molar-refractivity contribution in [1.29, 1.82) is 0 Å². The van der Waals surface area contributed by atoms with Crippen molar-refractivity contribution in [3.8, 4) is 0 Å². The molecule has 8 heteroatoms. The van der Waals surface area contributed by atoms with Crippen LogP contribution in [0.5, 0.6) is 0 Å². The molecule has 3 N–H and O–H groups in total. The van der Waals surface area contributed by atoms with Crippen molar-refractivity contribution < 1.29 is 18.3 Å². The standard InChI is InChI=1S/C10H15N3O4S/c1-18(16,17)13-5-2-4-11-9-7-8(10(14)15)3-6-12-9/h3,6-7,13H,2,4-5H2,1H3,(H,11,12)(H,14,15). The Labute approximate surface area is 105 Å². The van der Waals surface area contributed by atoms with Gasteiger partial charge in [-0.05, 0) is 18.6 Å². The molecule has 0 fully saturated rings. The van der Waals surface area contributed by atoms with Crippen molar-refractivity contribution in [3.05, 3.63) is 23.9 Å². The van der Waals surface area contributed by atoms with Gasteiger partial charge in [0.15, 0.2) is 0 Å². The highest BCUT2D eigenvalue weighted by molar-refractivity contribution is 7.88. The molecule has 100 valence electrons. The summed E-state index contributed by atoms with van der Waals surface area (Å²) in [5.74, 6) is -0.562. The highest BCUT2D eigenvalue weighted by Crippen LogP contribution is 2.06. The summed E-state index contributed by atoms with van der Waals surface area (Å²) in [6.45, 7) is 0.822. The summed E-state index contributed by atoms with van der Waals surface area (Å²) in [5, 5.41) is 11.7. The largest absolute Gasteiger partial charge is 0.478 e. The van der Waals surface area contributed by atoms with Crippen LogP contribution in [-0.2, 0) is 10.0 Å². The van der Waals surface area contributed by atoms with Gasteiger partial charge in [0.2, 0.25) is 10.0 Å². The molecule has 0 radical (unpaired) electrons. The second kappa shape index (κ2) is 6.31. The number of sulfonamides is 1. The third-order valence-corrected chi connectivity index (χ3v) is 2.76. The summed E-state index contributed by atoms with van der Waals surface area (Å²) in [5.41, 5.74) is 0.154. The molecule has 0 bridgehead atoms. The van der Waals surface area contributed by atoms with Gasteiger partial charge in [-0.2, -0.15) is 0 Å². The van der Waals surface area contributed by atoms with Crippen molar-refractivity contribution in [2.45, 2.75) is 6.42 Å². The van der Waals surface area contributed by atoms with Crippen LogP contribution in [0.3, 0.4) is 0 Å². The van der Waals surface area contributed by atoms with E-state index in [4.69, 9.17) is 5.11 Å². The molecule has 0 spiro atoms. The number of aromatic nitrogens is 1. The van der Waals surface area contributed by atoms with Crippen molar-refractivity contribution in [2.24, 2.45) is 0 Å². The molecule has 0 saturated heterocycles. The summed E-state index contributed by atoms with van der Waals surface area (Å²) in [6, 6.07) is 2.82. The lowest BCUT2D eigenvalue weighted by molar-refractivity contribution is 0.0697. The molecular formula is C10H15N3O4S. The molecule has 0 aliphatic heterocycles. The van der Waals surface area contributed by atoms with E-state index >= 15 is 0 Å². The van der Waals surface area contributed by atoms with E-state index in [1.807, 2.05) is 0 Å². The topological polar surface area (TPSA) is 108 Å². The van der Waals surface area contributed by atoms with Gasteiger partial charge >= 0.3 is 5.97 Å². The Morgan fingerprint density at radius 3 is 2.78 bits per heavy atom. The molecule has 0 aliphatic rings. The summed E-state index contributed by atoms with van der Waals surface area (Å²) in [4.78, 5) is 14.7. The van der Waals surface area contributed by atoms with Gasteiger partial charge in [0, 0.05) is 19.3 Å². The predicted molar refractivity (Wildman–Crippen MR) is 67.1 cm³/mol. The van der Waals surface area contributed by atoms with E-state index in [2.05, 4.69) is 15.0 Å². The molecule has 0 aromatic carbocycles. The number of hydrogen-bond donors (Lipinski definition) is 3. The van der Waals surface area contributed by atoms with Crippen LogP contribution in [0.15, 0.2) is 18.3 Å². The first-order valence-electron chi connectivity index (χ1n) is 5.26. The van der Waals surface area contributed by atoms with Gasteiger partial charge in [0.1, 0.15) is 5.82 Å². The highest BCUT2D eigenvalue weighted by Gasteiger charge is 2.03. The number of hydrogen-bond acceptors (Lipinski definition) is 5. The first-order chi connectivity index (χ1) is 8.38. The second-order valence-corrected chi connectivity index (χ2v) is 5.51. The molecule has 0 atom stereocenters. The van der Waals surface area contributed by atoms with Gasteiger partial charge in [0.25, 0.3) is 0 Å². The van der Waals surface area contributed by atoms with Gasteiger partial charge in [-0.1, -0.05) is 0 Å². The van der Waals surface area contributed by atoms with Crippen LogP contribution >= 0.6 is 0 Å². The molecule has 1 aromatic heterocycles. The molecule has 7 nitrogen and oxygen atoms in total. The van der Waals surface area contributed by atoms with Crippen molar-refractivity contribution in [1.82, 2.24) is 9.71 Å². The zero-order valence-corrected chi connectivity index (χ0v) is 10.7. The van der Waals surface area contributed by atoms with Crippen molar-refractivity contribution >= 4 is 21.8 Å². The minimum atomic E-state index is -3.16. The lowest BCUT2D eigenvalue weighted by Crippen LogP contribution is -2.24. The number of rotatable bonds is 7. The summed E-state index contributed by atoms with van der Waals surface area (Å²) in [7, 11) is -3.16. The van der Waals surface area contributed by atoms with Crippen LogP contribution in [-0.4, -0.2) is 43.8 Å². The molecule has 18 heavy (non-hydrogen) atoms. The second-order valence-electron chi connectivity index (χ2n) is 3.68. The molecule has 0 saturated carbocycles. The summed E-state index contributed by atoms with van der Waals surface area (Å²) in [6.07, 6.45) is 3.07. The Hall–Kier alpha value is -1.67. The lowest BCUT2D eigenvalue weighted by atomic mass is 10.2. The number of nitrogens with zero attached hydrogens (tertiary/aromatic N) is 1. The maximum Gasteiger partial charge on any atom is 0.335 e. The van der Waals surface area contributed by atoms with Gasteiger partial charge in [-0.25, -0.2) is 22.9 Å². The Kier molecular flexibility index (Phi) is 5.05. The molecule has 1 rings (SSSR count). The first-order valence-corrected chi connectivity index (χ1v) is 7.15. The number of pyridine rings is 1. The van der Waals surface area contributed by atoms with Crippen LogP contribution in [0.1, 0.15) is 16.8 Å². The molecular weight excluding hydrogens is 258 g/mol. The third-order valence-electron chi connectivity index (χ3n) is 2.03. The zero-order valence-electron chi connectivity index (χ0n) is 9.88. The minimum Gasteiger partial charge on any atom is -0.478 e. The Morgan fingerprint density at radius 1 is 1.44 bits per heavy atom. The number of carboxylic acids is 1. The Balaban J connectivity index is 2.36. The van der Waals surface area contributed by atoms with Gasteiger partial charge < -0.3 is 10.4 Å². The summed E-state index contributed by atoms with van der Waals surface area (Å²) < 4.78 is 23.9. The zero-order chi connectivity index (χ0) is 13.6. The quantitative estimate of drug-likeness (QED) is 0.609. The van der Waals surface area contributed by atoms with E-state index < -0.39 is 16.0 Å². The van der Waals surface area contributed by atoms with Crippen molar-refractivity contribution in [3.63, 3.8) is 0 Å². The average Bonchev–Trinajstić information content (AvgIpc) is 2.27. The normalized spacial score (nSPS) is 11.2. The van der Waals surface area contributed by atoms with Gasteiger partial charge in [-0.3, -0.25) is 0 Å². The van der Waals surface area contributed by atoms with Gasteiger partial charge in [0.05, 0.1) is 11.8 Å². The number of anilines is 1. The lowest BCUT2D eigenvalue weighted by Gasteiger charge is -2.06. The van der Waals surface area contributed by atoms with Crippen molar-refractivity contribution in [2.75, 3.05) is 24.7 Å². The SMILES string of the molecule is CS(=O)(=O)NCCCNc1cc(C(=O)O)ccn1. The number of nitrogens with one attached hydrogen (secondary N) is 2. The minimum absolute atomic E-state index is 0.154. The van der Waals surface area contributed by atoms with E-state index in [1.165, 1.54) is 18.3 Å². The fourth-order valence-corrected chi connectivity index (χ4v) is 1.74. The average molecular weight is 273 g/mol. The van der Waals surface area contributed by atoms with E-state index in [9.17, 15) is 13.2 Å². The van der Waals surface area contributed by atoms with Crippen LogP contribution in [0.25, 0.3) is 0 Å². The maximum atomic E-state index is 10.8. The third kappa shape index (κ3) is 5.60. The number of carboxylic acid groups (broad SMARTS) is 1. The fourth-order valence-electron chi connectivity index (χ4n) is 1.22. The predicted octanol–water partition coefficient (Wildman–Crippen LogP) is 0.131. The summed E-state index contributed by atoms with van der Waals surface area (Å²) >= 11 is 0. The molecule has 1 heterocycles. The van der Waals surface area contributed by atoms with Crippen LogP contribution in [0, 0.1) is 0 Å². The first kappa shape index (κ1) is 14.4. The fraction of sp³-hybridized carbons (Fsp3) is 0.400. The molecule has 1 aromatic rings. The van der Waals surface area contributed by atoms with E-state index in [1.54, 1.807) is 0 Å². The molecule has 0 unspecified atom stereocenters. The van der Waals surface area contributed by atoms with Crippen LogP contribution in [0.4, 0.5) is 5.82 Å². The van der Waals surface area contributed by atoms with E-state index in [-0.39, 0.29) is 5.56 Å². The Morgan fingerprint density at radius 2 is 2.17 bits per heavy atom. The highest BCUT2D eigenvalue weighted by atomic mass is 32.2. The molecule has 0 amide bonds. The number of aromatic carboxylic acids is 1. The van der Waals surface area contributed by atoms with E-state index in [0.29, 0.717) is 25.3 Å². The van der Waals surface area contributed by atoms with Crippen LogP contribution < -0.4 is 10.0 Å².